The van der Waals surface area contributed by atoms with Crippen LogP contribution in [0.1, 0.15) is 31.7 Å². The predicted octanol–water partition coefficient (Wildman–Crippen LogP) is 4.61. The fourth-order valence-corrected chi connectivity index (χ4v) is 4.49. The number of ether oxygens (including phenoxy) is 3. The number of morpholine rings is 1. The predicted molar refractivity (Wildman–Crippen MR) is 143 cm³/mol. The zero-order valence-corrected chi connectivity index (χ0v) is 22.4. The molecule has 2 unspecified atom stereocenters. The molecule has 32 heavy (non-hydrogen) atoms. The van der Waals surface area contributed by atoms with Gasteiger partial charge in [0, 0.05) is 36.3 Å². The van der Waals surface area contributed by atoms with Crippen LogP contribution in [-0.4, -0.2) is 63.5 Å². The number of halogens is 1. The number of aliphatic imine (C=N–C) groups is 1. The molecule has 3 rings (SSSR count). The van der Waals surface area contributed by atoms with Crippen molar-refractivity contribution in [1.29, 1.82) is 0 Å². The average molecular weight is 575 g/mol. The van der Waals surface area contributed by atoms with Gasteiger partial charge in [-0.3, -0.25) is 9.89 Å². The first-order valence-electron chi connectivity index (χ1n) is 10.9. The molecule has 0 amide bonds. The van der Waals surface area contributed by atoms with Crippen LogP contribution in [0.25, 0.3) is 0 Å². The Hall–Kier alpha value is -1.56. The smallest absolute Gasteiger partial charge is 0.195 e. The van der Waals surface area contributed by atoms with E-state index in [1.54, 1.807) is 18.4 Å². The normalized spacial score (nSPS) is 17.9. The standard InChI is InChI=1S/C23H34N4O3S.HI/c1-5-24-23(26-18-9-10-20(29-6-2)21(14-18)28-4)25-15-19(22-8-7-13-31-22)27-11-12-30-17(3)16-27;/h7-10,13-14,17,19H,5-6,11-12,15-16H2,1-4H3,(H2,24,25,26);1H. The van der Waals surface area contributed by atoms with E-state index in [2.05, 4.69) is 46.9 Å². The minimum absolute atomic E-state index is 0. The van der Waals surface area contributed by atoms with Crippen LogP contribution in [0.15, 0.2) is 40.7 Å². The number of hydrogen-bond donors (Lipinski definition) is 2. The van der Waals surface area contributed by atoms with Crippen molar-refractivity contribution in [3.8, 4) is 11.5 Å². The van der Waals surface area contributed by atoms with Gasteiger partial charge in [-0.15, -0.1) is 35.3 Å². The Kier molecular flexibility index (Phi) is 11.6. The Morgan fingerprint density at radius 1 is 1.31 bits per heavy atom. The number of thiophene rings is 1. The Morgan fingerprint density at radius 2 is 2.16 bits per heavy atom. The van der Waals surface area contributed by atoms with Gasteiger partial charge < -0.3 is 24.8 Å². The first-order valence-corrected chi connectivity index (χ1v) is 11.8. The van der Waals surface area contributed by atoms with Crippen molar-refractivity contribution in [2.24, 2.45) is 4.99 Å². The van der Waals surface area contributed by atoms with E-state index in [4.69, 9.17) is 19.2 Å². The van der Waals surface area contributed by atoms with Gasteiger partial charge in [0.15, 0.2) is 17.5 Å². The highest BCUT2D eigenvalue weighted by Gasteiger charge is 2.26. The number of guanidine groups is 1. The maximum absolute atomic E-state index is 5.75. The first-order chi connectivity index (χ1) is 15.1. The van der Waals surface area contributed by atoms with E-state index in [1.807, 2.05) is 25.1 Å². The van der Waals surface area contributed by atoms with Crippen molar-refractivity contribution in [3.63, 3.8) is 0 Å². The van der Waals surface area contributed by atoms with Crippen molar-refractivity contribution in [2.75, 3.05) is 51.8 Å². The fourth-order valence-electron chi connectivity index (χ4n) is 3.64. The third-order valence-electron chi connectivity index (χ3n) is 5.08. The fraction of sp³-hybridized carbons (Fsp3) is 0.522. The van der Waals surface area contributed by atoms with Gasteiger partial charge in [0.05, 0.1) is 39.0 Å². The minimum Gasteiger partial charge on any atom is -0.493 e. The summed E-state index contributed by atoms with van der Waals surface area (Å²) >= 11 is 1.78. The molecule has 2 atom stereocenters. The van der Waals surface area contributed by atoms with E-state index >= 15 is 0 Å². The van der Waals surface area contributed by atoms with E-state index < -0.39 is 0 Å². The van der Waals surface area contributed by atoms with E-state index in [0.29, 0.717) is 18.9 Å². The van der Waals surface area contributed by atoms with E-state index in [0.717, 1.165) is 43.6 Å². The molecular weight excluding hydrogens is 539 g/mol. The second kappa shape index (κ2) is 13.9. The molecule has 178 valence electrons. The lowest BCUT2D eigenvalue weighted by Crippen LogP contribution is -2.44. The van der Waals surface area contributed by atoms with Crippen LogP contribution in [0.4, 0.5) is 5.69 Å². The summed E-state index contributed by atoms with van der Waals surface area (Å²) in [6, 6.07) is 10.4. The number of anilines is 1. The lowest BCUT2D eigenvalue weighted by Gasteiger charge is -2.36. The Labute approximate surface area is 212 Å². The highest BCUT2D eigenvalue weighted by Crippen LogP contribution is 2.30. The molecule has 2 aromatic rings. The third kappa shape index (κ3) is 7.50. The molecule has 0 saturated carbocycles. The SMILES string of the molecule is CCNC(=NCC(c1cccs1)N1CCOC(C)C1)Nc1ccc(OCC)c(OC)c1.I. The number of hydrogen-bond acceptors (Lipinski definition) is 6. The number of methoxy groups -OCH3 is 1. The molecular formula is C23H35IN4O3S. The average Bonchev–Trinajstić information content (AvgIpc) is 3.30. The molecule has 0 aliphatic carbocycles. The number of nitrogens with one attached hydrogen (secondary N) is 2. The minimum atomic E-state index is 0. The molecule has 1 aliphatic rings. The molecule has 0 bridgehead atoms. The monoisotopic (exact) mass is 574 g/mol. The van der Waals surface area contributed by atoms with Crippen LogP contribution in [0.5, 0.6) is 11.5 Å². The zero-order chi connectivity index (χ0) is 22.1. The van der Waals surface area contributed by atoms with E-state index in [1.165, 1.54) is 4.88 Å². The quantitative estimate of drug-likeness (QED) is 0.259. The second-order valence-electron chi connectivity index (χ2n) is 7.35. The molecule has 2 heterocycles. The summed E-state index contributed by atoms with van der Waals surface area (Å²) in [6.07, 6.45) is 0.239. The van der Waals surface area contributed by atoms with Gasteiger partial charge in [0.25, 0.3) is 0 Å². The van der Waals surface area contributed by atoms with Crippen LogP contribution in [-0.2, 0) is 4.74 Å². The van der Waals surface area contributed by atoms with Crippen LogP contribution >= 0.6 is 35.3 Å². The topological polar surface area (TPSA) is 67.4 Å². The van der Waals surface area contributed by atoms with E-state index in [9.17, 15) is 0 Å². The summed E-state index contributed by atoms with van der Waals surface area (Å²) in [5.74, 6) is 2.18. The Morgan fingerprint density at radius 3 is 2.81 bits per heavy atom. The summed E-state index contributed by atoms with van der Waals surface area (Å²) in [5, 5.41) is 8.88. The molecule has 1 aromatic carbocycles. The largest absolute Gasteiger partial charge is 0.493 e. The molecule has 7 nitrogen and oxygen atoms in total. The van der Waals surface area contributed by atoms with Crippen LogP contribution in [0.3, 0.4) is 0 Å². The lowest BCUT2D eigenvalue weighted by molar-refractivity contribution is -0.0327. The summed E-state index contributed by atoms with van der Waals surface area (Å²) in [4.78, 5) is 8.74. The molecule has 1 saturated heterocycles. The number of rotatable bonds is 9. The second-order valence-corrected chi connectivity index (χ2v) is 8.33. The number of benzene rings is 1. The van der Waals surface area contributed by atoms with Crippen LogP contribution in [0.2, 0.25) is 0 Å². The highest BCUT2D eigenvalue weighted by atomic mass is 127. The summed E-state index contributed by atoms with van der Waals surface area (Å²) in [5.41, 5.74) is 0.896. The van der Waals surface area contributed by atoms with Gasteiger partial charge in [-0.2, -0.15) is 0 Å². The first kappa shape index (κ1) is 26.7. The van der Waals surface area contributed by atoms with Crippen molar-refractivity contribution in [2.45, 2.75) is 32.9 Å². The van der Waals surface area contributed by atoms with Gasteiger partial charge >= 0.3 is 0 Å². The van der Waals surface area contributed by atoms with Crippen LogP contribution in [0, 0.1) is 0 Å². The molecule has 9 heteroatoms. The molecule has 1 aromatic heterocycles. The Balaban J connectivity index is 0.00000363. The molecule has 1 aliphatic heterocycles. The van der Waals surface area contributed by atoms with Crippen LogP contribution < -0.4 is 20.1 Å². The summed E-state index contributed by atoms with van der Waals surface area (Å²) in [7, 11) is 1.65. The number of nitrogens with zero attached hydrogens (tertiary/aromatic N) is 2. The van der Waals surface area contributed by atoms with E-state index in [-0.39, 0.29) is 36.1 Å². The maximum atomic E-state index is 5.75. The van der Waals surface area contributed by atoms with Crippen molar-refractivity contribution < 1.29 is 14.2 Å². The molecule has 2 N–H and O–H groups in total. The molecule has 0 radical (unpaired) electrons. The van der Waals surface area contributed by atoms with Crippen molar-refractivity contribution in [1.82, 2.24) is 10.2 Å². The lowest BCUT2D eigenvalue weighted by atomic mass is 10.1. The third-order valence-corrected chi connectivity index (χ3v) is 6.05. The Bertz CT molecular complexity index is 835. The van der Waals surface area contributed by atoms with Crippen molar-refractivity contribution >= 4 is 47.0 Å². The summed E-state index contributed by atoms with van der Waals surface area (Å²) in [6.45, 7) is 10.8. The van der Waals surface area contributed by atoms with Gasteiger partial charge in [-0.05, 0) is 44.4 Å². The molecule has 1 fully saturated rings. The zero-order valence-electron chi connectivity index (χ0n) is 19.3. The van der Waals surface area contributed by atoms with Crippen molar-refractivity contribution in [3.05, 3.63) is 40.6 Å². The molecule has 0 spiro atoms. The van der Waals surface area contributed by atoms with Gasteiger partial charge in [-0.25, -0.2) is 0 Å². The maximum Gasteiger partial charge on any atom is 0.195 e. The van der Waals surface area contributed by atoms with Gasteiger partial charge in [0.2, 0.25) is 0 Å². The van der Waals surface area contributed by atoms with Gasteiger partial charge in [0.1, 0.15) is 0 Å². The summed E-state index contributed by atoms with van der Waals surface area (Å²) < 4.78 is 16.8. The highest BCUT2D eigenvalue weighted by molar-refractivity contribution is 14.0. The van der Waals surface area contributed by atoms with Gasteiger partial charge in [-0.1, -0.05) is 6.07 Å².